The smallest absolute Gasteiger partial charge is 0.0947 e. The van der Waals surface area contributed by atoms with Crippen LogP contribution in [-0.4, -0.2) is 9.55 Å². The van der Waals surface area contributed by atoms with Crippen LogP contribution in [0.15, 0.2) is 12.5 Å². The summed E-state index contributed by atoms with van der Waals surface area (Å²) in [5, 5.41) is 0. The van der Waals surface area contributed by atoms with Gasteiger partial charge < -0.3 is 10.3 Å². The average Bonchev–Trinajstić information content (AvgIpc) is 2.14. The molecule has 1 aromatic heterocycles. The van der Waals surface area contributed by atoms with Crippen molar-refractivity contribution in [1.82, 2.24) is 9.55 Å². The highest BCUT2D eigenvalue weighted by Crippen LogP contribution is 1.89. The van der Waals surface area contributed by atoms with Crippen LogP contribution in [0.3, 0.4) is 0 Å². The number of aromatic nitrogens is 2. The molecule has 0 radical (unpaired) electrons. The molecule has 3 nitrogen and oxygen atoms in total. The van der Waals surface area contributed by atoms with Crippen LogP contribution in [0.5, 0.6) is 0 Å². The van der Waals surface area contributed by atoms with Crippen molar-refractivity contribution in [2.45, 2.75) is 6.54 Å². The van der Waals surface area contributed by atoms with Gasteiger partial charge in [-0.3, -0.25) is 0 Å². The molecule has 0 aromatic carbocycles. The lowest BCUT2D eigenvalue weighted by molar-refractivity contribution is 0.911. The van der Waals surface area contributed by atoms with Crippen LogP contribution in [-0.2, 0) is 13.6 Å². The van der Waals surface area contributed by atoms with Gasteiger partial charge in [0.1, 0.15) is 0 Å². The standard InChI is InChI=1S/C5H9N3.2ClH/c1-8-3-5(2-6)7-4-8;;/h3-4H,2,6H2,1H3;2*1H. The first-order valence-corrected chi connectivity index (χ1v) is 2.50. The van der Waals surface area contributed by atoms with E-state index in [2.05, 4.69) is 4.98 Å². The summed E-state index contributed by atoms with van der Waals surface area (Å²) in [4.78, 5) is 3.97. The highest BCUT2D eigenvalue weighted by molar-refractivity contribution is 5.85. The van der Waals surface area contributed by atoms with E-state index in [1.54, 1.807) is 6.33 Å². The van der Waals surface area contributed by atoms with Gasteiger partial charge in [0, 0.05) is 19.8 Å². The van der Waals surface area contributed by atoms with Gasteiger partial charge in [-0.05, 0) is 0 Å². The van der Waals surface area contributed by atoms with E-state index in [0.717, 1.165) is 5.69 Å². The van der Waals surface area contributed by atoms with Crippen molar-refractivity contribution >= 4 is 24.8 Å². The third-order valence-corrected chi connectivity index (χ3v) is 0.967. The Morgan fingerprint density at radius 2 is 2.20 bits per heavy atom. The van der Waals surface area contributed by atoms with E-state index in [4.69, 9.17) is 5.73 Å². The van der Waals surface area contributed by atoms with Crippen molar-refractivity contribution in [3.63, 3.8) is 0 Å². The third-order valence-electron chi connectivity index (χ3n) is 0.967. The van der Waals surface area contributed by atoms with E-state index < -0.39 is 0 Å². The topological polar surface area (TPSA) is 43.8 Å². The number of hydrogen-bond acceptors (Lipinski definition) is 2. The summed E-state index contributed by atoms with van der Waals surface area (Å²) in [7, 11) is 1.92. The SMILES string of the molecule is Cl.Cl.Cn1cnc(CN)c1. The molecule has 0 atom stereocenters. The fourth-order valence-corrected chi connectivity index (χ4v) is 0.572. The summed E-state index contributed by atoms with van der Waals surface area (Å²) in [5.74, 6) is 0. The lowest BCUT2D eigenvalue weighted by atomic mass is 10.5. The first kappa shape index (κ1) is 12.4. The van der Waals surface area contributed by atoms with Crippen molar-refractivity contribution in [1.29, 1.82) is 0 Å². The summed E-state index contributed by atoms with van der Waals surface area (Å²) in [6, 6.07) is 0. The molecule has 1 rings (SSSR count). The van der Waals surface area contributed by atoms with Crippen LogP contribution in [0.1, 0.15) is 5.69 Å². The van der Waals surface area contributed by atoms with E-state index in [0.29, 0.717) is 6.54 Å². The molecule has 1 aromatic rings. The number of halogens is 2. The molecule has 0 amide bonds. The summed E-state index contributed by atoms with van der Waals surface area (Å²) in [6.45, 7) is 0.529. The second-order valence-electron chi connectivity index (χ2n) is 1.73. The molecule has 0 aliphatic rings. The van der Waals surface area contributed by atoms with E-state index in [9.17, 15) is 0 Å². The van der Waals surface area contributed by atoms with Gasteiger partial charge in [0.2, 0.25) is 0 Å². The molecule has 0 aliphatic heterocycles. The van der Waals surface area contributed by atoms with Gasteiger partial charge >= 0.3 is 0 Å². The molecule has 0 spiro atoms. The lowest BCUT2D eigenvalue weighted by Crippen LogP contribution is -1.95. The second kappa shape index (κ2) is 5.53. The minimum absolute atomic E-state index is 0. The van der Waals surface area contributed by atoms with Crippen LogP contribution >= 0.6 is 24.8 Å². The Labute approximate surface area is 72.4 Å². The van der Waals surface area contributed by atoms with Gasteiger partial charge in [0.15, 0.2) is 0 Å². The van der Waals surface area contributed by atoms with Crippen molar-refractivity contribution in [2.24, 2.45) is 12.8 Å². The number of nitrogens with two attached hydrogens (primary N) is 1. The molecule has 0 fully saturated rings. The number of imidazole rings is 1. The summed E-state index contributed by atoms with van der Waals surface area (Å²) in [5.41, 5.74) is 6.22. The zero-order valence-electron chi connectivity index (χ0n) is 5.65. The largest absolute Gasteiger partial charge is 0.340 e. The summed E-state index contributed by atoms with van der Waals surface area (Å²) >= 11 is 0. The van der Waals surface area contributed by atoms with Gasteiger partial charge in [0.25, 0.3) is 0 Å². The van der Waals surface area contributed by atoms with Crippen molar-refractivity contribution < 1.29 is 0 Å². The van der Waals surface area contributed by atoms with Gasteiger partial charge in [0.05, 0.1) is 12.0 Å². The summed E-state index contributed by atoms with van der Waals surface area (Å²) in [6.07, 6.45) is 3.64. The molecule has 0 aliphatic carbocycles. The molecule has 0 bridgehead atoms. The quantitative estimate of drug-likeness (QED) is 0.698. The zero-order chi connectivity index (χ0) is 5.98. The first-order valence-electron chi connectivity index (χ1n) is 2.50. The zero-order valence-corrected chi connectivity index (χ0v) is 7.28. The maximum absolute atomic E-state index is 5.29. The normalized spacial score (nSPS) is 7.80. The van der Waals surface area contributed by atoms with E-state index in [1.807, 2.05) is 17.8 Å². The van der Waals surface area contributed by atoms with Gasteiger partial charge in [-0.2, -0.15) is 0 Å². The van der Waals surface area contributed by atoms with Crippen molar-refractivity contribution in [3.05, 3.63) is 18.2 Å². The Kier molecular flexibility index (Phi) is 6.87. The molecule has 2 N–H and O–H groups in total. The van der Waals surface area contributed by atoms with Gasteiger partial charge in [-0.1, -0.05) is 0 Å². The molecule has 0 saturated heterocycles. The van der Waals surface area contributed by atoms with Gasteiger partial charge in [-0.25, -0.2) is 4.98 Å². The Hall–Kier alpha value is -0.250. The first-order chi connectivity index (χ1) is 3.83. The van der Waals surface area contributed by atoms with E-state index in [1.165, 1.54) is 0 Å². The molecule has 10 heavy (non-hydrogen) atoms. The molecule has 0 saturated carbocycles. The molecular formula is C5H11Cl2N3. The number of hydrogen-bond donors (Lipinski definition) is 1. The average molecular weight is 184 g/mol. The predicted octanol–water partition coefficient (Wildman–Crippen LogP) is 0.722. The number of aryl methyl sites for hydroxylation is 1. The molecular weight excluding hydrogens is 173 g/mol. The van der Waals surface area contributed by atoms with Crippen LogP contribution in [0.2, 0.25) is 0 Å². The molecule has 0 unspecified atom stereocenters. The van der Waals surface area contributed by atoms with Crippen LogP contribution in [0, 0.1) is 0 Å². The highest BCUT2D eigenvalue weighted by Gasteiger charge is 1.88. The third kappa shape index (κ3) is 3.06. The van der Waals surface area contributed by atoms with Crippen LogP contribution < -0.4 is 5.73 Å². The molecule has 1 heterocycles. The Morgan fingerprint density at radius 3 is 2.40 bits per heavy atom. The second-order valence-corrected chi connectivity index (χ2v) is 1.73. The molecule has 60 valence electrons. The van der Waals surface area contributed by atoms with Crippen LogP contribution in [0.25, 0.3) is 0 Å². The Bertz CT molecular complexity index is 175. The number of rotatable bonds is 1. The van der Waals surface area contributed by atoms with Gasteiger partial charge in [-0.15, -0.1) is 24.8 Å². The Morgan fingerprint density at radius 1 is 1.60 bits per heavy atom. The Balaban J connectivity index is 0. The van der Waals surface area contributed by atoms with E-state index >= 15 is 0 Å². The number of nitrogens with zero attached hydrogens (tertiary/aromatic N) is 2. The predicted molar refractivity (Wildman–Crippen MR) is 45.6 cm³/mol. The maximum Gasteiger partial charge on any atom is 0.0947 e. The fourth-order valence-electron chi connectivity index (χ4n) is 0.572. The van der Waals surface area contributed by atoms with Crippen molar-refractivity contribution in [2.75, 3.05) is 0 Å². The fraction of sp³-hybridized carbons (Fsp3) is 0.400. The minimum Gasteiger partial charge on any atom is -0.340 e. The van der Waals surface area contributed by atoms with E-state index in [-0.39, 0.29) is 24.8 Å². The lowest BCUT2D eigenvalue weighted by Gasteiger charge is -1.82. The van der Waals surface area contributed by atoms with Crippen LogP contribution in [0.4, 0.5) is 0 Å². The summed E-state index contributed by atoms with van der Waals surface area (Å²) < 4.78 is 1.88. The maximum atomic E-state index is 5.29. The van der Waals surface area contributed by atoms with Crippen molar-refractivity contribution in [3.8, 4) is 0 Å². The highest BCUT2D eigenvalue weighted by atomic mass is 35.5. The minimum atomic E-state index is 0. The monoisotopic (exact) mass is 183 g/mol. The molecule has 5 heteroatoms.